The maximum atomic E-state index is 12.9. The zero-order chi connectivity index (χ0) is 18.9. The molecule has 1 unspecified atom stereocenters. The monoisotopic (exact) mass is 388 g/mol. The Labute approximate surface area is 160 Å². The molecule has 0 saturated carbocycles. The van der Waals surface area contributed by atoms with Crippen LogP contribution in [-0.4, -0.2) is 57.5 Å². The molecule has 0 spiro atoms. The smallest absolute Gasteiger partial charge is 0.243 e. The topological polar surface area (TPSA) is 59.1 Å². The summed E-state index contributed by atoms with van der Waals surface area (Å²) >= 11 is 0. The third-order valence-electron chi connectivity index (χ3n) is 5.34. The molecule has 1 fully saturated rings. The molecule has 4 rings (SSSR count). The lowest BCUT2D eigenvalue weighted by Crippen LogP contribution is -2.50. The summed E-state index contributed by atoms with van der Waals surface area (Å²) in [6.45, 7) is 3.12. The van der Waals surface area contributed by atoms with E-state index in [1.165, 1.54) is 5.56 Å². The van der Waals surface area contributed by atoms with E-state index >= 15 is 0 Å². The van der Waals surface area contributed by atoms with E-state index in [1.807, 2.05) is 18.2 Å². The number of para-hydroxylation sites is 1. The quantitative estimate of drug-likeness (QED) is 0.806. The average Bonchev–Trinajstić information content (AvgIpc) is 2.73. The van der Waals surface area contributed by atoms with Gasteiger partial charge in [-0.1, -0.05) is 18.2 Å². The molecule has 0 radical (unpaired) electrons. The molecule has 27 heavy (non-hydrogen) atoms. The van der Waals surface area contributed by atoms with E-state index in [-0.39, 0.29) is 0 Å². The highest BCUT2D eigenvalue weighted by atomic mass is 32.2. The van der Waals surface area contributed by atoms with E-state index in [0.717, 1.165) is 12.2 Å². The molecule has 1 atom stereocenters. The average molecular weight is 388 g/mol. The van der Waals surface area contributed by atoms with E-state index in [9.17, 15) is 8.42 Å². The van der Waals surface area contributed by atoms with Crippen molar-refractivity contribution in [2.45, 2.75) is 17.4 Å². The van der Waals surface area contributed by atoms with Crippen LogP contribution in [0.5, 0.6) is 11.5 Å². The molecular formula is C20H24N2O4S. The van der Waals surface area contributed by atoms with Crippen molar-refractivity contribution in [1.82, 2.24) is 9.21 Å². The molecule has 1 saturated heterocycles. The number of fused-ring (bicyclic) bond motifs is 1. The second-order valence-electron chi connectivity index (χ2n) is 6.81. The molecule has 144 valence electrons. The van der Waals surface area contributed by atoms with Gasteiger partial charge >= 0.3 is 0 Å². The summed E-state index contributed by atoms with van der Waals surface area (Å²) in [5.41, 5.74) is 1.20. The van der Waals surface area contributed by atoms with E-state index in [4.69, 9.17) is 9.47 Å². The lowest BCUT2D eigenvalue weighted by molar-refractivity contribution is 0.103. The fourth-order valence-corrected chi connectivity index (χ4v) is 5.28. The van der Waals surface area contributed by atoms with Crippen molar-refractivity contribution >= 4 is 10.0 Å². The number of rotatable bonds is 4. The van der Waals surface area contributed by atoms with Gasteiger partial charge in [-0.3, -0.25) is 4.90 Å². The molecule has 0 aromatic heterocycles. The molecule has 2 aliphatic heterocycles. The maximum absolute atomic E-state index is 12.9. The first-order chi connectivity index (χ1) is 13.1. The summed E-state index contributed by atoms with van der Waals surface area (Å²) in [7, 11) is -1.91. The first-order valence-corrected chi connectivity index (χ1v) is 10.6. The molecule has 2 aromatic carbocycles. The molecule has 2 aliphatic rings. The van der Waals surface area contributed by atoms with E-state index in [1.54, 1.807) is 35.7 Å². The third-order valence-corrected chi connectivity index (χ3v) is 7.25. The third kappa shape index (κ3) is 3.54. The molecule has 0 bridgehead atoms. The molecule has 0 aliphatic carbocycles. The number of methoxy groups -OCH3 is 1. The molecular weight excluding hydrogens is 364 g/mol. The second-order valence-corrected chi connectivity index (χ2v) is 8.74. The van der Waals surface area contributed by atoms with Crippen LogP contribution in [0.1, 0.15) is 18.0 Å². The lowest BCUT2D eigenvalue weighted by atomic mass is 9.98. The van der Waals surface area contributed by atoms with Crippen molar-refractivity contribution in [2.24, 2.45) is 0 Å². The van der Waals surface area contributed by atoms with E-state index in [2.05, 4.69) is 11.0 Å². The van der Waals surface area contributed by atoms with Crippen LogP contribution in [0.2, 0.25) is 0 Å². The highest BCUT2D eigenvalue weighted by molar-refractivity contribution is 7.89. The van der Waals surface area contributed by atoms with Crippen LogP contribution in [0.15, 0.2) is 53.4 Å². The summed E-state index contributed by atoms with van der Waals surface area (Å²) in [6, 6.07) is 15.0. The van der Waals surface area contributed by atoms with E-state index in [0.29, 0.717) is 49.5 Å². The fourth-order valence-electron chi connectivity index (χ4n) is 3.85. The van der Waals surface area contributed by atoms with Gasteiger partial charge in [0.25, 0.3) is 0 Å². The second kappa shape index (κ2) is 7.50. The summed E-state index contributed by atoms with van der Waals surface area (Å²) in [6.07, 6.45) is 0.933. The van der Waals surface area contributed by atoms with Crippen LogP contribution >= 0.6 is 0 Å². The van der Waals surface area contributed by atoms with Gasteiger partial charge in [-0.05, 0) is 30.3 Å². The van der Waals surface area contributed by atoms with Crippen molar-refractivity contribution in [1.29, 1.82) is 0 Å². The normalized spacial score (nSPS) is 21.3. The largest absolute Gasteiger partial charge is 0.497 e. The van der Waals surface area contributed by atoms with Gasteiger partial charge in [0, 0.05) is 44.2 Å². The minimum Gasteiger partial charge on any atom is -0.497 e. The van der Waals surface area contributed by atoms with Gasteiger partial charge in [0.15, 0.2) is 0 Å². The van der Waals surface area contributed by atoms with Gasteiger partial charge in [0.05, 0.1) is 18.6 Å². The molecule has 0 N–H and O–H groups in total. The van der Waals surface area contributed by atoms with Gasteiger partial charge < -0.3 is 9.47 Å². The zero-order valence-electron chi connectivity index (χ0n) is 15.4. The van der Waals surface area contributed by atoms with Gasteiger partial charge in [0.1, 0.15) is 11.5 Å². The van der Waals surface area contributed by atoms with Crippen molar-refractivity contribution in [3.63, 3.8) is 0 Å². The van der Waals surface area contributed by atoms with Crippen LogP contribution in [-0.2, 0) is 10.0 Å². The standard InChI is InChI=1S/C20H24N2O4S/c1-25-16-6-8-17(9-7-16)27(23,24)22-13-11-21(12-14-22)19-10-15-26-20-5-3-2-4-18(19)20/h2-9,19H,10-15H2,1H3. The Balaban J connectivity index is 1.46. The first-order valence-electron chi connectivity index (χ1n) is 9.19. The minimum absolute atomic E-state index is 0.292. The Kier molecular flexibility index (Phi) is 5.08. The van der Waals surface area contributed by atoms with Crippen LogP contribution in [0.25, 0.3) is 0 Å². The van der Waals surface area contributed by atoms with Crippen molar-refractivity contribution in [2.75, 3.05) is 39.9 Å². The van der Waals surface area contributed by atoms with Gasteiger partial charge in [0.2, 0.25) is 10.0 Å². The number of piperazine rings is 1. The Morgan fingerprint density at radius 2 is 1.70 bits per heavy atom. The molecule has 2 aromatic rings. The minimum atomic E-state index is -3.48. The zero-order valence-corrected chi connectivity index (χ0v) is 16.2. The van der Waals surface area contributed by atoms with Crippen molar-refractivity contribution in [3.05, 3.63) is 54.1 Å². The summed E-state index contributed by atoms with van der Waals surface area (Å²) in [5.74, 6) is 1.60. The van der Waals surface area contributed by atoms with E-state index < -0.39 is 10.0 Å². The molecule has 2 heterocycles. The van der Waals surface area contributed by atoms with Crippen LogP contribution in [0.3, 0.4) is 0 Å². The van der Waals surface area contributed by atoms with Crippen LogP contribution < -0.4 is 9.47 Å². The summed E-state index contributed by atoms with van der Waals surface area (Å²) < 4.78 is 38.3. The number of benzene rings is 2. The number of hydrogen-bond donors (Lipinski definition) is 0. The highest BCUT2D eigenvalue weighted by Crippen LogP contribution is 2.36. The molecule has 0 amide bonds. The Bertz CT molecular complexity index is 890. The fraction of sp³-hybridized carbons (Fsp3) is 0.400. The van der Waals surface area contributed by atoms with Crippen LogP contribution in [0.4, 0.5) is 0 Å². The number of ether oxygens (including phenoxy) is 2. The van der Waals surface area contributed by atoms with Gasteiger partial charge in [-0.15, -0.1) is 0 Å². The molecule has 6 nitrogen and oxygen atoms in total. The summed E-state index contributed by atoms with van der Waals surface area (Å²) in [4.78, 5) is 2.69. The van der Waals surface area contributed by atoms with Gasteiger partial charge in [-0.25, -0.2) is 8.42 Å². The molecule has 7 heteroatoms. The summed E-state index contributed by atoms with van der Waals surface area (Å²) in [5, 5.41) is 0. The number of hydrogen-bond acceptors (Lipinski definition) is 5. The van der Waals surface area contributed by atoms with Crippen molar-refractivity contribution < 1.29 is 17.9 Å². The predicted octanol–water partition coefficient (Wildman–Crippen LogP) is 2.53. The Morgan fingerprint density at radius 1 is 1.00 bits per heavy atom. The van der Waals surface area contributed by atoms with Crippen LogP contribution in [0, 0.1) is 0 Å². The van der Waals surface area contributed by atoms with Crippen molar-refractivity contribution in [3.8, 4) is 11.5 Å². The number of nitrogens with zero attached hydrogens (tertiary/aromatic N) is 2. The maximum Gasteiger partial charge on any atom is 0.243 e. The van der Waals surface area contributed by atoms with Gasteiger partial charge in [-0.2, -0.15) is 4.31 Å². The predicted molar refractivity (Wildman–Crippen MR) is 103 cm³/mol. The Hall–Kier alpha value is -2.09. The first kappa shape index (κ1) is 18.3. The Morgan fingerprint density at radius 3 is 2.41 bits per heavy atom. The lowest BCUT2D eigenvalue weighted by Gasteiger charge is -2.40. The highest BCUT2D eigenvalue weighted by Gasteiger charge is 2.33. The SMILES string of the molecule is COc1ccc(S(=O)(=O)N2CCN(C3CCOc4ccccc43)CC2)cc1. The number of sulfonamides is 1.